The van der Waals surface area contributed by atoms with Crippen molar-refractivity contribution in [3.8, 4) is 5.88 Å². The first-order valence-corrected chi connectivity index (χ1v) is 4.71. The number of nitrogens with zero attached hydrogens (tertiary/aromatic N) is 1. The lowest BCUT2D eigenvalue weighted by atomic mass is 10.1. The summed E-state index contributed by atoms with van der Waals surface area (Å²) in [7, 11) is 0. The Kier molecular flexibility index (Phi) is 2.47. The second-order valence-electron chi connectivity index (χ2n) is 3.29. The molecule has 0 aliphatic heterocycles. The molecule has 80 valence electrons. The Hall–Kier alpha value is -1.75. The molecule has 0 spiro atoms. The van der Waals surface area contributed by atoms with Crippen molar-refractivity contribution in [1.82, 2.24) is 5.16 Å². The Morgan fingerprint density at radius 2 is 2.27 bits per heavy atom. The SMILES string of the molecule is Cc1ccc2onc(OCCN)c2c1N. The summed E-state index contributed by atoms with van der Waals surface area (Å²) in [5, 5.41) is 4.53. The number of fused-ring (bicyclic) bond motifs is 1. The van der Waals surface area contributed by atoms with E-state index in [1.165, 1.54) is 0 Å². The van der Waals surface area contributed by atoms with Gasteiger partial charge in [0.2, 0.25) is 0 Å². The van der Waals surface area contributed by atoms with Gasteiger partial charge in [-0.3, -0.25) is 0 Å². The van der Waals surface area contributed by atoms with E-state index in [0.29, 0.717) is 30.3 Å². The van der Waals surface area contributed by atoms with Crippen LogP contribution in [0.2, 0.25) is 0 Å². The predicted molar refractivity (Wildman–Crippen MR) is 57.7 cm³/mol. The molecule has 0 aliphatic carbocycles. The van der Waals surface area contributed by atoms with E-state index in [1.807, 2.05) is 19.1 Å². The molecule has 2 rings (SSSR count). The lowest BCUT2D eigenvalue weighted by molar-refractivity contribution is 0.293. The fourth-order valence-electron chi connectivity index (χ4n) is 1.39. The summed E-state index contributed by atoms with van der Waals surface area (Å²) in [6, 6.07) is 3.71. The van der Waals surface area contributed by atoms with Crippen molar-refractivity contribution >= 4 is 16.7 Å². The summed E-state index contributed by atoms with van der Waals surface area (Å²) in [6.45, 7) is 2.75. The predicted octanol–water partition coefficient (Wildman–Crippen LogP) is 1.06. The van der Waals surface area contributed by atoms with Gasteiger partial charge in [-0.25, -0.2) is 0 Å². The summed E-state index contributed by atoms with van der Waals surface area (Å²) < 4.78 is 10.4. The Balaban J connectivity index is 2.51. The maximum absolute atomic E-state index is 5.92. The molecule has 1 aromatic heterocycles. The second-order valence-corrected chi connectivity index (χ2v) is 3.29. The number of aromatic nitrogens is 1. The minimum absolute atomic E-state index is 0.398. The maximum atomic E-state index is 5.92. The summed E-state index contributed by atoms with van der Waals surface area (Å²) in [5.41, 5.74) is 13.5. The largest absolute Gasteiger partial charge is 0.474 e. The molecule has 2 aromatic rings. The summed E-state index contributed by atoms with van der Waals surface area (Å²) in [6.07, 6.45) is 0. The van der Waals surface area contributed by atoms with Crippen molar-refractivity contribution in [1.29, 1.82) is 0 Å². The zero-order valence-corrected chi connectivity index (χ0v) is 8.49. The first kappa shape index (κ1) is 9.79. The van der Waals surface area contributed by atoms with E-state index in [-0.39, 0.29) is 0 Å². The Bertz CT molecular complexity index is 479. The number of hydrogen-bond acceptors (Lipinski definition) is 5. The molecule has 5 nitrogen and oxygen atoms in total. The molecule has 5 heteroatoms. The van der Waals surface area contributed by atoms with Crippen LogP contribution in [0.4, 0.5) is 5.69 Å². The Morgan fingerprint density at radius 3 is 3.00 bits per heavy atom. The van der Waals surface area contributed by atoms with Gasteiger partial charge in [0.15, 0.2) is 5.58 Å². The van der Waals surface area contributed by atoms with Crippen molar-refractivity contribution in [3.05, 3.63) is 17.7 Å². The molecular weight excluding hydrogens is 194 g/mol. The average molecular weight is 207 g/mol. The molecule has 0 bridgehead atoms. The van der Waals surface area contributed by atoms with E-state index in [2.05, 4.69) is 5.16 Å². The fourth-order valence-corrected chi connectivity index (χ4v) is 1.39. The van der Waals surface area contributed by atoms with Crippen molar-refractivity contribution in [3.63, 3.8) is 0 Å². The number of benzene rings is 1. The van der Waals surface area contributed by atoms with Crippen LogP contribution in [0.15, 0.2) is 16.7 Å². The van der Waals surface area contributed by atoms with Crippen LogP contribution < -0.4 is 16.2 Å². The zero-order chi connectivity index (χ0) is 10.8. The van der Waals surface area contributed by atoms with Gasteiger partial charge in [0.05, 0.1) is 5.69 Å². The van der Waals surface area contributed by atoms with Crippen LogP contribution in [-0.4, -0.2) is 18.3 Å². The summed E-state index contributed by atoms with van der Waals surface area (Å²) in [5.74, 6) is 0.414. The van der Waals surface area contributed by atoms with Gasteiger partial charge in [-0.15, -0.1) is 0 Å². The molecule has 0 aliphatic rings. The van der Waals surface area contributed by atoms with Crippen molar-refractivity contribution in [2.75, 3.05) is 18.9 Å². The molecule has 0 fully saturated rings. The van der Waals surface area contributed by atoms with Crippen molar-refractivity contribution in [2.24, 2.45) is 5.73 Å². The van der Waals surface area contributed by atoms with Crippen LogP contribution in [0.25, 0.3) is 11.0 Å². The second kappa shape index (κ2) is 3.78. The molecule has 0 saturated heterocycles. The number of anilines is 1. The third-order valence-corrected chi connectivity index (χ3v) is 2.22. The molecule has 4 N–H and O–H groups in total. The molecule has 0 unspecified atom stereocenters. The standard InChI is InChI=1S/C10H13N3O2/c1-6-2-3-7-8(9(6)12)10(13-15-7)14-5-4-11/h2-3H,4-5,11-12H2,1H3. The van der Waals surface area contributed by atoms with E-state index < -0.39 is 0 Å². The fraction of sp³-hybridized carbons (Fsp3) is 0.300. The van der Waals surface area contributed by atoms with Gasteiger partial charge in [0.1, 0.15) is 12.0 Å². The number of hydrogen-bond donors (Lipinski definition) is 2. The van der Waals surface area contributed by atoms with Crippen LogP contribution >= 0.6 is 0 Å². The number of aryl methyl sites for hydroxylation is 1. The molecule has 0 saturated carbocycles. The highest BCUT2D eigenvalue weighted by atomic mass is 16.5. The van der Waals surface area contributed by atoms with Crippen LogP contribution in [-0.2, 0) is 0 Å². The minimum Gasteiger partial charge on any atom is -0.474 e. The van der Waals surface area contributed by atoms with E-state index >= 15 is 0 Å². The van der Waals surface area contributed by atoms with E-state index in [4.69, 9.17) is 20.7 Å². The van der Waals surface area contributed by atoms with E-state index in [0.717, 1.165) is 10.9 Å². The molecule has 0 amide bonds. The topological polar surface area (TPSA) is 87.3 Å². The van der Waals surface area contributed by atoms with Crippen LogP contribution in [0, 0.1) is 6.92 Å². The first-order chi connectivity index (χ1) is 7.24. The number of nitrogens with two attached hydrogens (primary N) is 2. The van der Waals surface area contributed by atoms with E-state index in [1.54, 1.807) is 0 Å². The third kappa shape index (κ3) is 1.61. The molecular formula is C10H13N3O2. The molecule has 0 radical (unpaired) electrons. The van der Waals surface area contributed by atoms with Gasteiger partial charge in [0, 0.05) is 6.54 Å². The van der Waals surface area contributed by atoms with Gasteiger partial charge in [0.25, 0.3) is 5.88 Å². The maximum Gasteiger partial charge on any atom is 0.264 e. The number of ether oxygens (including phenoxy) is 1. The highest BCUT2D eigenvalue weighted by Gasteiger charge is 2.13. The van der Waals surface area contributed by atoms with Crippen molar-refractivity contribution in [2.45, 2.75) is 6.92 Å². The zero-order valence-electron chi connectivity index (χ0n) is 8.49. The van der Waals surface area contributed by atoms with Gasteiger partial charge in [-0.1, -0.05) is 6.07 Å². The normalized spacial score (nSPS) is 10.8. The van der Waals surface area contributed by atoms with Crippen LogP contribution in [0.5, 0.6) is 5.88 Å². The molecule has 1 heterocycles. The summed E-state index contributed by atoms with van der Waals surface area (Å²) >= 11 is 0. The van der Waals surface area contributed by atoms with Gasteiger partial charge < -0.3 is 20.7 Å². The highest BCUT2D eigenvalue weighted by Crippen LogP contribution is 2.32. The minimum atomic E-state index is 0.398. The summed E-state index contributed by atoms with van der Waals surface area (Å²) in [4.78, 5) is 0. The van der Waals surface area contributed by atoms with Gasteiger partial charge in [-0.2, -0.15) is 0 Å². The lowest BCUT2D eigenvalue weighted by Gasteiger charge is -2.02. The third-order valence-electron chi connectivity index (χ3n) is 2.22. The van der Waals surface area contributed by atoms with Crippen LogP contribution in [0.3, 0.4) is 0 Å². The highest BCUT2D eigenvalue weighted by molar-refractivity contribution is 5.94. The number of nitrogen functional groups attached to an aromatic ring is 1. The Morgan fingerprint density at radius 1 is 1.47 bits per heavy atom. The first-order valence-electron chi connectivity index (χ1n) is 4.71. The smallest absolute Gasteiger partial charge is 0.264 e. The Labute approximate surface area is 87.0 Å². The van der Waals surface area contributed by atoms with Gasteiger partial charge >= 0.3 is 0 Å². The monoisotopic (exact) mass is 207 g/mol. The molecule has 0 atom stereocenters. The quantitative estimate of drug-likeness (QED) is 0.734. The molecule has 15 heavy (non-hydrogen) atoms. The van der Waals surface area contributed by atoms with Crippen LogP contribution in [0.1, 0.15) is 5.56 Å². The van der Waals surface area contributed by atoms with Crippen molar-refractivity contribution < 1.29 is 9.26 Å². The number of rotatable bonds is 3. The van der Waals surface area contributed by atoms with E-state index in [9.17, 15) is 0 Å². The lowest BCUT2D eigenvalue weighted by Crippen LogP contribution is -2.11. The average Bonchev–Trinajstić information content (AvgIpc) is 2.64. The van der Waals surface area contributed by atoms with Gasteiger partial charge in [-0.05, 0) is 23.7 Å². The molecule has 1 aromatic carbocycles.